The number of imidazole rings is 1. The fourth-order valence-corrected chi connectivity index (χ4v) is 2.23. The molecule has 0 fully saturated rings. The lowest BCUT2D eigenvalue weighted by molar-refractivity contribution is 0.618. The topological polar surface area (TPSA) is 67.1 Å². The first-order chi connectivity index (χ1) is 9.69. The van der Waals surface area contributed by atoms with E-state index < -0.39 is 0 Å². The summed E-state index contributed by atoms with van der Waals surface area (Å²) in [6.07, 6.45) is 1.49. The quantitative estimate of drug-likeness (QED) is 0.725. The summed E-state index contributed by atoms with van der Waals surface area (Å²) in [4.78, 5) is 4.47. The van der Waals surface area contributed by atoms with Crippen LogP contribution in [0.25, 0.3) is 16.9 Å². The molecule has 5 heteroatoms. The average molecular weight is 266 g/mol. The molecule has 0 unspecified atom stereocenters. The van der Waals surface area contributed by atoms with Gasteiger partial charge in [-0.15, -0.1) is 0 Å². The third-order valence-corrected chi connectivity index (χ3v) is 3.09. The molecule has 0 aliphatic heterocycles. The van der Waals surface area contributed by atoms with Crippen molar-refractivity contribution in [1.29, 1.82) is 5.26 Å². The normalized spacial score (nSPS) is 10.6. The Bertz CT molecular complexity index is 829. The van der Waals surface area contributed by atoms with Crippen molar-refractivity contribution in [3.05, 3.63) is 54.1 Å². The van der Waals surface area contributed by atoms with E-state index in [1.165, 1.54) is 12.3 Å². The van der Waals surface area contributed by atoms with Crippen LogP contribution in [0, 0.1) is 17.1 Å². The second kappa shape index (κ2) is 4.67. The Morgan fingerprint density at radius 2 is 2.15 bits per heavy atom. The number of nitrogens with zero attached hydrogens (tertiary/aromatic N) is 3. The number of anilines is 1. The number of nitrogens with two attached hydrogens (primary N) is 1. The van der Waals surface area contributed by atoms with Crippen LogP contribution in [-0.2, 0) is 6.42 Å². The summed E-state index contributed by atoms with van der Waals surface area (Å²) in [6.45, 7) is 0. The number of fused-ring (bicyclic) bond motifs is 1. The van der Waals surface area contributed by atoms with Crippen molar-refractivity contribution in [2.75, 3.05) is 5.73 Å². The number of benzene rings is 1. The maximum absolute atomic E-state index is 13.4. The number of hydrogen-bond donors (Lipinski definition) is 1. The molecule has 2 N–H and O–H groups in total. The minimum absolute atomic E-state index is 0.148. The molecular weight excluding hydrogens is 255 g/mol. The molecule has 0 aliphatic rings. The minimum Gasteiger partial charge on any atom is -0.399 e. The summed E-state index contributed by atoms with van der Waals surface area (Å²) in [5, 5.41) is 8.98. The van der Waals surface area contributed by atoms with Gasteiger partial charge in [0.25, 0.3) is 0 Å². The van der Waals surface area contributed by atoms with Gasteiger partial charge in [0.1, 0.15) is 11.5 Å². The lowest BCUT2D eigenvalue weighted by atomic mass is 10.1. The van der Waals surface area contributed by atoms with Gasteiger partial charge in [0.05, 0.1) is 23.9 Å². The van der Waals surface area contributed by atoms with Gasteiger partial charge in [-0.2, -0.15) is 5.26 Å². The molecule has 3 rings (SSSR count). The first-order valence-corrected chi connectivity index (χ1v) is 6.08. The highest BCUT2D eigenvalue weighted by molar-refractivity contribution is 5.69. The summed E-state index contributed by atoms with van der Waals surface area (Å²) < 4.78 is 15.0. The predicted octanol–water partition coefficient (Wildman–Crippen LogP) is 2.79. The third-order valence-electron chi connectivity index (χ3n) is 3.09. The number of hydrogen-bond acceptors (Lipinski definition) is 3. The Morgan fingerprint density at radius 3 is 2.90 bits per heavy atom. The number of pyridine rings is 1. The zero-order valence-electron chi connectivity index (χ0n) is 10.5. The van der Waals surface area contributed by atoms with Gasteiger partial charge in [-0.05, 0) is 24.3 Å². The van der Waals surface area contributed by atoms with Gasteiger partial charge in [0.15, 0.2) is 0 Å². The first-order valence-electron chi connectivity index (χ1n) is 6.08. The highest BCUT2D eigenvalue weighted by Crippen LogP contribution is 2.26. The van der Waals surface area contributed by atoms with Crippen LogP contribution in [0.3, 0.4) is 0 Å². The zero-order chi connectivity index (χ0) is 14.1. The Labute approximate surface area is 114 Å². The fourth-order valence-electron chi connectivity index (χ4n) is 2.23. The molecule has 0 saturated heterocycles. The van der Waals surface area contributed by atoms with Crippen LogP contribution in [0.1, 0.15) is 5.69 Å². The number of halogens is 1. The summed E-state index contributed by atoms with van der Waals surface area (Å²) in [5.41, 5.74) is 9.14. The Balaban J connectivity index is 2.30. The highest BCUT2D eigenvalue weighted by Gasteiger charge is 2.14. The number of aromatic nitrogens is 2. The van der Waals surface area contributed by atoms with Crippen molar-refractivity contribution in [2.24, 2.45) is 0 Å². The summed E-state index contributed by atoms with van der Waals surface area (Å²) in [6, 6.07) is 12.3. The molecule has 0 atom stereocenters. The van der Waals surface area contributed by atoms with Crippen molar-refractivity contribution in [1.82, 2.24) is 9.38 Å². The van der Waals surface area contributed by atoms with E-state index in [9.17, 15) is 4.39 Å². The van der Waals surface area contributed by atoms with Crippen LogP contribution in [0.2, 0.25) is 0 Å². The standard InChI is InChI=1S/C15H11FN4/c16-11-4-5-14-19-15(10-2-1-3-12(18)8-10)13(6-7-17)20(14)9-11/h1-5,8-9H,6,18H2. The SMILES string of the molecule is N#CCc1c(-c2cccc(N)c2)nc2ccc(F)cn12. The molecule has 0 bridgehead atoms. The van der Waals surface area contributed by atoms with Crippen LogP contribution in [0.5, 0.6) is 0 Å². The molecule has 2 aromatic heterocycles. The molecule has 0 aliphatic carbocycles. The minimum atomic E-state index is -0.367. The largest absolute Gasteiger partial charge is 0.399 e. The number of rotatable bonds is 2. The van der Waals surface area contributed by atoms with Crippen molar-refractivity contribution in [3.8, 4) is 17.3 Å². The molecule has 2 heterocycles. The van der Waals surface area contributed by atoms with Gasteiger partial charge >= 0.3 is 0 Å². The Hall–Kier alpha value is -2.87. The maximum atomic E-state index is 13.4. The van der Waals surface area contributed by atoms with Crippen molar-refractivity contribution >= 4 is 11.3 Å². The second-order valence-electron chi connectivity index (χ2n) is 4.44. The Kier molecular flexibility index (Phi) is 2.84. The first kappa shape index (κ1) is 12.2. The molecule has 4 nitrogen and oxygen atoms in total. The van der Waals surface area contributed by atoms with Crippen molar-refractivity contribution < 1.29 is 4.39 Å². The fraction of sp³-hybridized carbons (Fsp3) is 0.0667. The van der Waals surface area contributed by atoms with E-state index >= 15 is 0 Å². The van der Waals surface area contributed by atoms with Crippen LogP contribution >= 0.6 is 0 Å². The zero-order valence-corrected chi connectivity index (χ0v) is 10.5. The lowest BCUT2D eigenvalue weighted by Gasteiger charge is -2.02. The van der Waals surface area contributed by atoms with Gasteiger partial charge in [0, 0.05) is 17.4 Å². The van der Waals surface area contributed by atoms with Gasteiger partial charge in [0.2, 0.25) is 0 Å². The average Bonchev–Trinajstić information content (AvgIpc) is 2.78. The van der Waals surface area contributed by atoms with Crippen LogP contribution in [0.4, 0.5) is 10.1 Å². The molecule has 0 amide bonds. The molecule has 3 aromatic rings. The van der Waals surface area contributed by atoms with E-state index in [0.717, 1.165) is 5.56 Å². The molecule has 0 saturated carbocycles. The molecule has 98 valence electrons. The van der Waals surface area contributed by atoms with Crippen molar-refractivity contribution in [3.63, 3.8) is 0 Å². The summed E-state index contributed by atoms with van der Waals surface area (Å²) in [7, 11) is 0. The number of nitriles is 1. The van der Waals surface area contributed by atoms with Crippen LogP contribution in [-0.4, -0.2) is 9.38 Å². The lowest BCUT2D eigenvalue weighted by Crippen LogP contribution is -1.95. The van der Waals surface area contributed by atoms with Gasteiger partial charge in [-0.25, -0.2) is 9.37 Å². The summed E-state index contributed by atoms with van der Waals surface area (Å²) >= 11 is 0. The van der Waals surface area contributed by atoms with E-state index in [0.29, 0.717) is 22.7 Å². The highest BCUT2D eigenvalue weighted by atomic mass is 19.1. The van der Waals surface area contributed by atoms with E-state index in [1.807, 2.05) is 12.1 Å². The van der Waals surface area contributed by atoms with Gasteiger partial charge in [-0.3, -0.25) is 4.40 Å². The predicted molar refractivity (Wildman–Crippen MR) is 74.3 cm³/mol. The third kappa shape index (κ3) is 1.97. The van der Waals surface area contributed by atoms with E-state index in [2.05, 4.69) is 11.1 Å². The monoisotopic (exact) mass is 266 g/mol. The Morgan fingerprint density at radius 1 is 1.30 bits per heavy atom. The van der Waals surface area contributed by atoms with E-state index in [-0.39, 0.29) is 12.2 Å². The summed E-state index contributed by atoms with van der Waals surface area (Å²) in [5.74, 6) is -0.367. The molecular formula is C15H11FN4. The second-order valence-corrected chi connectivity index (χ2v) is 4.44. The number of nitrogen functional groups attached to an aromatic ring is 1. The van der Waals surface area contributed by atoms with Crippen molar-refractivity contribution in [2.45, 2.75) is 6.42 Å². The molecule has 0 radical (unpaired) electrons. The molecule has 20 heavy (non-hydrogen) atoms. The smallest absolute Gasteiger partial charge is 0.139 e. The van der Waals surface area contributed by atoms with E-state index in [1.54, 1.807) is 22.6 Å². The molecule has 1 aromatic carbocycles. The van der Waals surface area contributed by atoms with Crippen LogP contribution < -0.4 is 5.73 Å². The molecule has 0 spiro atoms. The van der Waals surface area contributed by atoms with Gasteiger partial charge in [-0.1, -0.05) is 12.1 Å². The van der Waals surface area contributed by atoms with E-state index in [4.69, 9.17) is 11.0 Å². The maximum Gasteiger partial charge on any atom is 0.139 e. The van der Waals surface area contributed by atoms with Crippen LogP contribution in [0.15, 0.2) is 42.6 Å². The van der Waals surface area contributed by atoms with Gasteiger partial charge < -0.3 is 5.73 Å².